The lowest BCUT2D eigenvalue weighted by atomic mass is 10.0. The van der Waals surface area contributed by atoms with Crippen LogP contribution in [0.4, 0.5) is 4.79 Å². The van der Waals surface area contributed by atoms with E-state index in [4.69, 9.17) is 16.3 Å². The van der Waals surface area contributed by atoms with Crippen LogP contribution in [0.15, 0.2) is 11.9 Å². The molecule has 0 aromatic rings. The monoisotopic (exact) mass is 371 g/mol. The maximum atomic E-state index is 12.4. The lowest BCUT2D eigenvalue weighted by molar-refractivity contribution is -0.130. The number of hydrogen-bond donors (Lipinski definition) is 4. The van der Waals surface area contributed by atoms with Gasteiger partial charge in [0, 0.05) is 18.8 Å². The Labute approximate surface area is 155 Å². The Bertz CT molecular complexity index is 550. The smallest absolute Gasteiger partial charge is 0.408 e. The van der Waals surface area contributed by atoms with E-state index in [1.807, 2.05) is 6.92 Å². The molecule has 6 N–H and O–H groups in total. The van der Waals surface area contributed by atoms with Gasteiger partial charge in [0.05, 0.1) is 11.7 Å². The van der Waals surface area contributed by atoms with Crippen molar-refractivity contribution in [3.63, 3.8) is 0 Å². The van der Waals surface area contributed by atoms with E-state index in [0.29, 0.717) is 18.7 Å². The fraction of sp³-hybridized carbons (Fsp3) is 0.765. The van der Waals surface area contributed by atoms with E-state index in [9.17, 15) is 14.7 Å². The molecule has 1 heterocycles. The zero-order valence-corrected chi connectivity index (χ0v) is 16.6. The molecule has 0 spiro atoms. The SMILES string of the molecule is CC1CC(N(N)/C(=C\N)C(C)(C)O)CN1C(=O)CNC(=O)OC(C)(C)C. The summed E-state index contributed by atoms with van der Waals surface area (Å²) in [6.45, 7) is 10.6. The van der Waals surface area contributed by atoms with Gasteiger partial charge in [-0.05, 0) is 48.0 Å². The van der Waals surface area contributed by atoms with Crippen LogP contribution < -0.4 is 16.9 Å². The summed E-state index contributed by atoms with van der Waals surface area (Å²) in [6, 6.07) is -0.239. The molecule has 2 atom stereocenters. The van der Waals surface area contributed by atoms with Gasteiger partial charge in [-0.3, -0.25) is 4.79 Å². The van der Waals surface area contributed by atoms with Crippen molar-refractivity contribution in [2.24, 2.45) is 11.6 Å². The molecule has 0 aromatic heterocycles. The number of amides is 2. The van der Waals surface area contributed by atoms with Crippen LogP contribution in [0.25, 0.3) is 0 Å². The minimum atomic E-state index is -1.19. The quantitative estimate of drug-likeness (QED) is 0.402. The third kappa shape index (κ3) is 6.06. The lowest BCUT2D eigenvalue weighted by Gasteiger charge is -2.34. The van der Waals surface area contributed by atoms with E-state index in [1.54, 1.807) is 39.5 Å². The van der Waals surface area contributed by atoms with E-state index >= 15 is 0 Å². The Morgan fingerprint density at radius 1 is 1.35 bits per heavy atom. The molecule has 150 valence electrons. The summed E-state index contributed by atoms with van der Waals surface area (Å²) >= 11 is 0. The Hall–Kier alpha value is -2.00. The maximum absolute atomic E-state index is 12.4. The molecular formula is C17H33N5O4. The topological polar surface area (TPSA) is 134 Å². The van der Waals surface area contributed by atoms with Gasteiger partial charge < -0.3 is 30.8 Å². The van der Waals surface area contributed by atoms with Crippen LogP contribution in [0.2, 0.25) is 0 Å². The van der Waals surface area contributed by atoms with E-state index in [2.05, 4.69) is 5.32 Å². The highest BCUT2D eigenvalue weighted by atomic mass is 16.6. The molecule has 26 heavy (non-hydrogen) atoms. The molecule has 2 unspecified atom stereocenters. The third-order valence-electron chi connectivity index (χ3n) is 4.11. The van der Waals surface area contributed by atoms with Crippen molar-refractivity contribution in [3.8, 4) is 0 Å². The van der Waals surface area contributed by atoms with Crippen LogP contribution in [-0.2, 0) is 9.53 Å². The van der Waals surface area contributed by atoms with Gasteiger partial charge in [-0.25, -0.2) is 10.6 Å². The number of nitrogens with two attached hydrogens (primary N) is 2. The fourth-order valence-corrected chi connectivity index (χ4v) is 2.92. The molecule has 1 aliphatic heterocycles. The average molecular weight is 371 g/mol. The number of rotatable bonds is 5. The second kappa shape index (κ2) is 8.13. The number of nitrogens with one attached hydrogen (secondary N) is 1. The summed E-state index contributed by atoms with van der Waals surface area (Å²) in [5, 5.41) is 14.1. The van der Waals surface area contributed by atoms with Crippen molar-refractivity contribution in [1.82, 2.24) is 15.2 Å². The van der Waals surface area contributed by atoms with Crippen molar-refractivity contribution < 1.29 is 19.4 Å². The molecule has 0 bridgehead atoms. The summed E-state index contributed by atoms with van der Waals surface area (Å²) in [4.78, 5) is 25.8. The number of nitrogens with zero attached hydrogens (tertiary/aromatic N) is 2. The van der Waals surface area contributed by atoms with Crippen LogP contribution in [0.5, 0.6) is 0 Å². The number of aliphatic hydroxyl groups is 1. The van der Waals surface area contributed by atoms with Crippen LogP contribution in [0.3, 0.4) is 0 Å². The van der Waals surface area contributed by atoms with Gasteiger partial charge in [-0.15, -0.1) is 0 Å². The van der Waals surface area contributed by atoms with Crippen molar-refractivity contribution in [3.05, 3.63) is 11.9 Å². The molecule has 9 heteroatoms. The van der Waals surface area contributed by atoms with Gasteiger partial charge in [0.15, 0.2) is 0 Å². The van der Waals surface area contributed by atoms with E-state index in [1.165, 1.54) is 11.2 Å². The summed E-state index contributed by atoms with van der Waals surface area (Å²) in [5.41, 5.74) is 4.17. The molecule has 9 nitrogen and oxygen atoms in total. The molecule has 1 saturated heterocycles. The second-order valence-corrected chi connectivity index (χ2v) is 8.16. The number of ether oxygens (including phenoxy) is 1. The first kappa shape index (κ1) is 22.0. The standard InChI is InChI=1S/C17H33N5O4/c1-11-7-12(22(19)13(8-18)17(5,6)25)10-21(11)14(23)9-20-15(24)26-16(2,3)4/h8,11-12,25H,7,9-10,18-19H2,1-6H3,(H,20,24)/b13-8-. The highest BCUT2D eigenvalue weighted by Crippen LogP contribution is 2.26. The Kier molecular flexibility index (Phi) is 6.89. The highest BCUT2D eigenvalue weighted by molar-refractivity contribution is 5.82. The molecule has 0 radical (unpaired) electrons. The second-order valence-electron chi connectivity index (χ2n) is 8.16. The molecule has 1 aliphatic rings. The van der Waals surface area contributed by atoms with Crippen molar-refractivity contribution in [1.29, 1.82) is 0 Å². The van der Waals surface area contributed by atoms with Gasteiger partial charge in [-0.2, -0.15) is 0 Å². The first-order chi connectivity index (χ1) is 11.8. The van der Waals surface area contributed by atoms with Crippen LogP contribution >= 0.6 is 0 Å². The number of hydrazine groups is 1. The van der Waals surface area contributed by atoms with Crippen LogP contribution in [0.1, 0.15) is 48.0 Å². The minimum Gasteiger partial charge on any atom is -0.444 e. The maximum Gasteiger partial charge on any atom is 0.408 e. The summed E-state index contributed by atoms with van der Waals surface area (Å²) < 4.78 is 5.12. The summed E-state index contributed by atoms with van der Waals surface area (Å²) in [5.74, 6) is 5.91. The number of hydrogen-bond acceptors (Lipinski definition) is 7. The fourth-order valence-electron chi connectivity index (χ4n) is 2.92. The number of likely N-dealkylation sites (tertiary alicyclic amines) is 1. The first-order valence-corrected chi connectivity index (χ1v) is 8.71. The normalized spacial score (nSPS) is 21.5. The van der Waals surface area contributed by atoms with Crippen molar-refractivity contribution >= 4 is 12.0 Å². The summed E-state index contributed by atoms with van der Waals surface area (Å²) in [7, 11) is 0. The molecule has 0 saturated carbocycles. The minimum absolute atomic E-state index is 0.0557. The predicted molar refractivity (Wildman–Crippen MR) is 98.4 cm³/mol. The van der Waals surface area contributed by atoms with Gasteiger partial charge in [0.2, 0.25) is 5.91 Å². The molecule has 2 amide bonds. The predicted octanol–water partition coefficient (Wildman–Crippen LogP) is 0.247. The Balaban J connectivity index is 2.65. The molecule has 1 fully saturated rings. The van der Waals surface area contributed by atoms with Gasteiger partial charge in [0.1, 0.15) is 17.7 Å². The first-order valence-electron chi connectivity index (χ1n) is 8.71. The largest absolute Gasteiger partial charge is 0.444 e. The molecule has 1 rings (SSSR count). The van der Waals surface area contributed by atoms with Crippen molar-refractivity contribution in [2.75, 3.05) is 13.1 Å². The number of carbonyl (C=O) groups is 2. The zero-order chi connectivity index (χ0) is 20.3. The number of carbonyl (C=O) groups excluding carboxylic acids is 2. The van der Waals surface area contributed by atoms with Gasteiger partial charge >= 0.3 is 6.09 Å². The number of alkyl carbamates (subject to hydrolysis) is 1. The summed E-state index contributed by atoms with van der Waals surface area (Å²) in [6.07, 6.45) is 1.27. The van der Waals surface area contributed by atoms with Crippen molar-refractivity contribution in [2.45, 2.75) is 71.2 Å². The van der Waals surface area contributed by atoms with E-state index in [0.717, 1.165) is 0 Å². The molecular weight excluding hydrogens is 338 g/mol. The van der Waals surface area contributed by atoms with Gasteiger partial charge in [-0.1, -0.05) is 0 Å². The average Bonchev–Trinajstić information content (AvgIpc) is 2.84. The molecule has 0 aliphatic carbocycles. The zero-order valence-electron chi connectivity index (χ0n) is 16.6. The third-order valence-corrected chi connectivity index (χ3v) is 4.11. The van der Waals surface area contributed by atoms with E-state index in [-0.39, 0.29) is 24.5 Å². The lowest BCUT2D eigenvalue weighted by Crippen LogP contribution is -2.49. The van der Waals surface area contributed by atoms with Gasteiger partial charge in [0.25, 0.3) is 0 Å². The Morgan fingerprint density at radius 3 is 2.38 bits per heavy atom. The van der Waals surface area contributed by atoms with E-state index < -0.39 is 17.3 Å². The highest BCUT2D eigenvalue weighted by Gasteiger charge is 2.37. The molecule has 0 aromatic carbocycles. The Morgan fingerprint density at radius 2 is 1.92 bits per heavy atom. The van der Waals surface area contributed by atoms with Crippen LogP contribution in [-0.4, -0.2) is 63.4 Å². The van der Waals surface area contributed by atoms with Crippen LogP contribution in [0, 0.1) is 0 Å².